The number of rotatable bonds is 5. The van der Waals surface area contributed by atoms with Gasteiger partial charge in [0.05, 0.1) is 5.54 Å². The second kappa shape index (κ2) is 10.1. The fourth-order valence-corrected chi connectivity index (χ4v) is 2.16. The standard InChI is InChI=1S/C14H16N2.C6H14/c15-13-8-4-5-10-14(13,16)11-9-12-6-2-1-3-7-12;1-3-5-6-4-2/h1-11,13H,15-16H2;3-6H2,1-2H3. The quantitative estimate of drug-likeness (QED) is 0.790. The van der Waals surface area contributed by atoms with Gasteiger partial charge in [0.1, 0.15) is 0 Å². The van der Waals surface area contributed by atoms with Gasteiger partial charge < -0.3 is 11.5 Å². The van der Waals surface area contributed by atoms with E-state index in [1.807, 2.05) is 66.8 Å². The van der Waals surface area contributed by atoms with E-state index in [4.69, 9.17) is 11.5 Å². The highest BCUT2D eigenvalue weighted by Crippen LogP contribution is 2.17. The molecule has 120 valence electrons. The monoisotopic (exact) mass is 298 g/mol. The van der Waals surface area contributed by atoms with Crippen LogP contribution in [0.3, 0.4) is 0 Å². The van der Waals surface area contributed by atoms with Gasteiger partial charge in [-0.2, -0.15) is 0 Å². The zero-order valence-corrected chi connectivity index (χ0v) is 13.9. The highest BCUT2D eigenvalue weighted by atomic mass is 14.8. The fraction of sp³-hybridized carbons (Fsp3) is 0.400. The van der Waals surface area contributed by atoms with E-state index >= 15 is 0 Å². The van der Waals surface area contributed by atoms with E-state index in [0.29, 0.717) is 0 Å². The molecular weight excluding hydrogens is 268 g/mol. The van der Waals surface area contributed by atoms with Crippen LogP contribution < -0.4 is 11.5 Å². The summed E-state index contributed by atoms with van der Waals surface area (Å²) in [7, 11) is 0. The summed E-state index contributed by atoms with van der Waals surface area (Å²) in [4.78, 5) is 0. The molecule has 4 N–H and O–H groups in total. The first-order chi connectivity index (χ1) is 10.6. The van der Waals surface area contributed by atoms with E-state index in [0.717, 1.165) is 5.56 Å². The fourth-order valence-electron chi connectivity index (χ4n) is 2.16. The molecular formula is C20H30N2. The van der Waals surface area contributed by atoms with E-state index in [-0.39, 0.29) is 6.04 Å². The van der Waals surface area contributed by atoms with E-state index < -0.39 is 5.54 Å². The van der Waals surface area contributed by atoms with Gasteiger partial charge in [-0.3, -0.25) is 0 Å². The molecule has 0 aliphatic heterocycles. The lowest BCUT2D eigenvalue weighted by atomic mass is 9.87. The summed E-state index contributed by atoms with van der Waals surface area (Å²) in [6.45, 7) is 4.46. The summed E-state index contributed by atoms with van der Waals surface area (Å²) in [5.74, 6) is 0. The highest BCUT2D eigenvalue weighted by Gasteiger charge is 2.25. The summed E-state index contributed by atoms with van der Waals surface area (Å²) in [6.07, 6.45) is 17.2. The number of allylic oxidation sites excluding steroid dienone is 2. The summed E-state index contributed by atoms with van der Waals surface area (Å²) in [5, 5.41) is 0. The summed E-state index contributed by atoms with van der Waals surface area (Å²) in [5.41, 5.74) is 12.7. The Morgan fingerprint density at radius 2 is 1.68 bits per heavy atom. The zero-order chi connectivity index (χ0) is 16.3. The van der Waals surface area contributed by atoms with Gasteiger partial charge in [-0.25, -0.2) is 0 Å². The van der Waals surface area contributed by atoms with Crippen LogP contribution in [0.2, 0.25) is 0 Å². The van der Waals surface area contributed by atoms with Crippen molar-refractivity contribution in [3.63, 3.8) is 0 Å². The second-order valence-electron chi connectivity index (χ2n) is 5.72. The SMILES string of the molecule is CCCCCC.NC1C=CC=CC1(N)C=Cc1ccccc1. The van der Waals surface area contributed by atoms with Crippen molar-refractivity contribution >= 4 is 6.08 Å². The van der Waals surface area contributed by atoms with Crippen molar-refractivity contribution in [3.8, 4) is 0 Å². The Balaban J connectivity index is 0.000000346. The smallest absolute Gasteiger partial charge is 0.0721 e. The maximum atomic E-state index is 6.20. The lowest BCUT2D eigenvalue weighted by Crippen LogP contribution is -2.52. The molecule has 2 unspecified atom stereocenters. The van der Waals surface area contributed by atoms with E-state index in [1.165, 1.54) is 25.7 Å². The Hall–Kier alpha value is -1.64. The van der Waals surface area contributed by atoms with Gasteiger partial charge in [-0.1, -0.05) is 106 Å². The number of benzene rings is 1. The van der Waals surface area contributed by atoms with Gasteiger partial charge in [0.15, 0.2) is 0 Å². The first-order valence-corrected chi connectivity index (χ1v) is 8.27. The molecule has 0 aromatic heterocycles. The van der Waals surface area contributed by atoms with Crippen LogP contribution in [0, 0.1) is 0 Å². The number of nitrogens with two attached hydrogens (primary N) is 2. The van der Waals surface area contributed by atoms with Crippen molar-refractivity contribution in [2.24, 2.45) is 11.5 Å². The van der Waals surface area contributed by atoms with Crippen LogP contribution in [-0.4, -0.2) is 11.6 Å². The molecule has 1 aromatic rings. The van der Waals surface area contributed by atoms with Gasteiger partial charge in [-0.15, -0.1) is 0 Å². The molecule has 1 aliphatic rings. The molecule has 0 amide bonds. The van der Waals surface area contributed by atoms with Crippen molar-refractivity contribution in [2.75, 3.05) is 0 Å². The maximum Gasteiger partial charge on any atom is 0.0721 e. The van der Waals surface area contributed by atoms with Gasteiger partial charge >= 0.3 is 0 Å². The zero-order valence-electron chi connectivity index (χ0n) is 13.9. The third-order valence-electron chi connectivity index (χ3n) is 3.71. The average molecular weight is 298 g/mol. The topological polar surface area (TPSA) is 52.0 Å². The van der Waals surface area contributed by atoms with E-state index in [2.05, 4.69) is 13.8 Å². The minimum atomic E-state index is -0.579. The Morgan fingerprint density at radius 3 is 2.23 bits per heavy atom. The predicted octanol–water partition coefficient (Wildman–Crippen LogP) is 4.44. The van der Waals surface area contributed by atoms with Crippen LogP contribution in [0.25, 0.3) is 6.08 Å². The van der Waals surface area contributed by atoms with Crippen LogP contribution in [0.15, 0.2) is 60.7 Å². The van der Waals surface area contributed by atoms with Crippen LogP contribution in [0.5, 0.6) is 0 Å². The second-order valence-corrected chi connectivity index (χ2v) is 5.72. The minimum absolute atomic E-state index is 0.169. The first-order valence-electron chi connectivity index (χ1n) is 8.27. The predicted molar refractivity (Wildman–Crippen MR) is 98.5 cm³/mol. The average Bonchev–Trinajstić information content (AvgIpc) is 2.56. The summed E-state index contributed by atoms with van der Waals surface area (Å²) >= 11 is 0. The van der Waals surface area contributed by atoms with Crippen molar-refractivity contribution in [1.29, 1.82) is 0 Å². The summed E-state index contributed by atoms with van der Waals surface area (Å²) in [6, 6.07) is 9.89. The van der Waals surface area contributed by atoms with Crippen LogP contribution in [0.4, 0.5) is 0 Å². The van der Waals surface area contributed by atoms with Gasteiger partial charge in [0.2, 0.25) is 0 Å². The Morgan fingerprint density at radius 1 is 1.05 bits per heavy atom. The molecule has 2 nitrogen and oxygen atoms in total. The molecule has 0 bridgehead atoms. The molecule has 0 spiro atoms. The Kier molecular flexibility index (Phi) is 8.49. The molecule has 2 heteroatoms. The number of hydrogen-bond donors (Lipinski definition) is 2. The Labute approximate surface area is 135 Å². The number of unbranched alkanes of at least 4 members (excludes halogenated alkanes) is 3. The highest BCUT2D eigenvalue weighted by molar-refractivity contribution is 5.53. The normalized spacial score (nSPS) is 23.4. The minimum Gasteiger partial charge on any atom is -0.322 e. The maximum absolute atomic E-state index is 6.20. The Bertz CT molecular complexity index is 484. The van der Waals surface area contributed by atoms with Crippen LogP contribution in [0.1, 0.15) is 45.1 Å². The molecule has 0 saturated carbocycles. The third kappa shape index (κ3) is 6.42. The molecule has 2 atom stereocenters. The van der Waals surface area contributed by atoms with Gasteiger partial charge in [0.25, 0.3) is 0 Å². The summed E-state index contributed by atoms with van der Waals surface area (Å²) < 4.78 is 0. The molecule has 1 aromatic carbocycles. The van der Waals surface area contributed by atoms with Crippen molar-refractivity contribution in [3.05, 3.63) is 66.3 Å². The van der Waals surface area contributed by atoms with Crippen LogP contribution >= 0.6 is 0 Å². The largest absolute Gasteiger partial charge is 0.322 e. The molecule has 2 rings (SSSR count). The molecule has 0 radical (unpaired) electrons. The number of hydrogen-bond acceptors (Lipinski definition) is 2. The van der Waals surface area contributed by atoms with Gasteiger partial charge in [-0.05, 0) is 5.56 Å². The van der Waals surface area contributed by atoms with Crippen molar-refractivity contribution in [2.45, 2.75) is 51.1 Å². The van der Waals surface area contributed by atoms with E-state index in [9.17, 15) is 0 Å². The van der Waals surface area contributed by atoms with Gasteiger partial charge in [0, 0.05) is 6.04 Å². The molecule has 0 saturated heterocycles. The first kappa shape index (κ1) is 18.4. The molecule has 1 aliphatic carbocycles. The third-order valence-corrected chi connectivity index (χ3v) is 3.71. The lowest BCUT2D eigenvalue weighted by molar-refractivity contribution is 0.573. The lowest BCUT2D eigenvalue weighted by Gasteiger charge is -2.29. The van der Waals surface area contributed by atoms with Crippen molar-refractivity contribution < 1.29 is 0 Å². The van der Waals surface area contributed by atoms with Crippen LogP contribution in [-0.2, 0) is 0 Å². The molecule has 0 fully saturated rings. The van der Waals surface area contributed by atoms with E-state index in [1.54, 1.807) is 0 Å². The van der Waals surface area contributed by atoms with Crippen molar-refractivity contribution in [1.82, 2.24) is 0 Å². The molecule has 0 heterocycles. The molecule has 22 heavy (non-hydrogen) atoms.